The number of carbonyl (C=O) groups excluding carboxylic acids is 2. The summed E-state index contributed by atoms with van der Waals surface area (Å²) in [5.74, 6) is -8.44. The van der Waals surface area contributed by atoms with E-state index in [0.717, 1.165) is 25.1 Å². The van der Waals surface area contributed by atoms with Crippen LogP contribution in [0.5, 0.6) is 0 Å². The first kappa shape index (κ1) is 34.1. The van der Waals surface area contributed by atoms with E-state index in [0.29, 0.717) is 12.1 Å². The molecule has 0 fully saturated rings. The second kappa shape index (κ2) is 12.8. The maximum absolute atomic E-state index is 15.0. The Balaban J connectivity index is 2.48. The lowest BCUT2D eigenvalue weighted by Crippen LogP contribution is -2.37. The number of halogens is 12. The van der Waals surface area contributed by atoms with Gasteiger partial charge in [0.2, 0.25) is 5.91 Å². The summed E-state index contributed by atoms with van der Waals surface area (Å²) >= 11 is 11.8. The van der Waals surface area contributed by atoms with Crippen molar-refractivity contribution in [3.63, 3.8) is 0 Å². The maximum atomic E-state index is 15.0. The molecule has 2 aromatic rings. The number of alkyl halides is 9. The highest BCUT2D eigenvalue weighted by Gasteiger charge is 2.41. The van der Waals surface area contributed by atoms with E-state index in [9.17, 15) is 49.1 Å². The van der Waals surface area contributed by atoms with Gasteiger partial charge in [-0.2, -0.15) is 39.5 Å². The largest absolute Gasteiger partial charge is 0.417 e. The number of amides is 1. The highest BCUT2D eigenvalue weighted by molar-refractivity contribution is 6.43. The van der Waals surface area contributed by atoms with Crippen molar-refractivity contribution < 1.29 is 53.5 Å². The van der Waals surface area contributed by atoms with E-state index in [2.05, 4.69) is 6.58 Å². The molecule has 2 atom stereocenters. The number of ketones is 1. The molecule has 0 bridgehead atoms. The van der Waals surface area contributed by atoms with Crippen LogP contribution in [0.25, 0.3) is 11.9 Å². The van der Waals surface area contributed by atoms with Crippen molar-refractivity contribution in [1.29, 1.82) is 0 Å². The molecule has 0 aliphatic carbocycles. The predicted molar refractivity (Wildman–Crippen MR) is 133 cm³/mol. The zero-order valence-electron chi connectivity index (χ0n) is 20.7. The quantitative estimate of drug-likeness (QED) is 0.220. The van der Waals surface area contributed by atoms with Crippen LogP contribution in [-0.4, -0.2) is 30.6 Å². The van der Waals surface area contributed by atoms with Crippen LogP contribution >= 0.6 is 23.2 Å². The van der Waals surface area contributed by atoms with E-state index < -0.39 is 83.1 Å². The van der Waals surface area contributed by atoms with Gasteiger partial charge in [-0.1, -0.05) is 54.9 Å². The third-order valence-corrected chi connectivity index (χ3v) is 6.44. The highest BCUT2D eigenvalue weighted by Crippen LogP contribution is 2.42. The van der Waals surface area contributed by atoms with Gasteiger partial charge in [0, 0.05) is 23.5 Å². The molecular weight excluding hydrogens is 619 g/mol. The van der Waals surface area contributed by atoms with Crippen molar-refractivity contribution in [2.45, 2.75) is 37.8 Å². The molecule has 0 radical (unpaired) electrons. The van der Waals surface area contributed by atoms with E-state index >= 15 is 4.39 Å². The van der Waals surface area contributed by atoms with Gasteiger partial charge >= 0.3 is 18.5 Å². The normalized spacial score (nSPS) is 14.4. The summed E-state index contributed by atoms with van der Waals surface area (Å²) in [6.45, 7) is 2.67. The Bertz CT molecular complexity index is 1350. The first-order valence-electron chi connectivity index (χ1n) is 11.3. The lowest BCUT2D eigenvalue weighted by molar-refractivity contribution is -0.140. The fourth-order valence-corrected chi connectivity index (χ4v) is 4.02. The van der Waals surface area contributed by atoms with Crippen LogP contribution in [0.4, 0.5) is 43.9 Å². The van der Waals surface area contributed by atoms with Crippen molar-refractivity contribution in [3.8, 4) is 0 Å². The molecule has 15 heteroatoms. The molecule has 0 saturated carbocycles. The summed E-state index contributed by atoms with van der Waals surface area (Å²) < 4.78 is 135. The number of rotatable bonds is 9. The fourth-order valence-electron chi connectivity index (χ4n) is 3.60. The number of benzene rings is 2. The summed E-state index contributed by atoms with van der Waals surface area (Å²) in [6.07, 6.45) is -15.0. The lowest BCUT2D eigenvalue weighted by atomic mass is 9.92. The molecule has 1 unspecified atom stereocenters. The monoisotopic (exact) mass is 637 g/mol. The van der Waals surface area contributed by atoms with Gasteiger partial charge in [0.15, 0.2) is 5.78 Å². The topological polar surface area (TPSA) is 46.2 Å². The van der Waals surface area contributed by atoms with E-state index in [1.54, 1.807) is 0 Å². The molecule has 0 aromatic heterocycles. The Labute approximate surface area is 236 Å². The molecule has 0 heterocycles. The van der Waals surface area contributed by atoms with Crippen molar-refractivity contribution in [2.75, 3.05) is 6.54 Å². The van der Waals surface area contributed by atoms with Crippen LogP contribution in [0.1, 0.15) is 51.9 Å². The van der Waals surface area contributed by atoms with Crippen LogP contribution < -0.4 is 5.32 Å². The standard InChI is InChI=1S/C26H19Cl2F10NO2/c1-3-13-7-15(9-19(27)22(13)28)17(25(33,34)35)10-20(29)14-4-5-16(18(8-14)26(36,37)38)21(40)6-12(2)23(41)39-11-24(30,31)32/h3-5,7-10,12,17H,1,6,11H2,2H3,(H,39,41)/b20-10-/t12-,17?/m0/s1. The van der Waals surface area contributed by atoms with Gasteiger partial charge in [-0.15, -0.1) is 0 Å². The van der Waals surface area contributed by atoms with Crippen LogP contribution in [0.2, 0.25) is 10.0 Å². The van der Waals surface area contributed by atoms with Gasteiger partial charge in [-0.3, -0.25) is 9.59 Å². The van der Waals surface area contributed by atoms with Crippen LogP contribution in [-0.2, 0) is 11.0 Å². The third kappa shape index (κ3) is 9.22. The SMILES string of the molecule is C=Cc1cc(C(/C=C(\F)c2ccc(C(=O)C[C@H](C)C(=O)NCC(F)(F)F)c(C(F)(F)F)c2)C(F)(F)F)cc(Cl)c1Cl. The molecule has 0 aliphatic heterocycles. The molecule has 2 rings (SSSR count). The maximum Gasteiger partial charge on any atom is 0.417 e. The van der Waals surface area contributed by atoms with Crippen molar-refractivity contribution in [1.82, 2.24) is 5.32 Å². The van der Waals surface area contributed by atoms with E-state index in [1.165, 1.54) is 5.32 Å². The molecule has 2 aromatic carbocycles. The highest BCUT2D eigenvalue weighted by atomic mass is 35.5. The smallest absolute Gasteiger partial charge is 0.347 e. The summed E-state index contributed by atoms with van der Waals surface area (Å²) in [7, 11) is 0. The molecule has 3 nitrogen and oxygen atoms in total. The van der Waals surface area contributed by atoms with E-state index in [-0.39, 0.29) is 27.8 Å². The zero-order chi connectivity index (χ0) is 31.5. The van der Waals surface area contributed by atoms with Gasteiger partial charge in [0.05, 0.1) is 15.6 Å². The van der Waals surface area contributed by atoms with Crippen LogP contribution in [0, 0.1) is 5.92 Å². The average Bonchev–Trinajstić information content (AvgIpc) is 2.85. The molecule has 41 heavy (non-hydrogen) atoms. The number of carbonyl (C=O) groups is 2. The molecular formula is C26H19Cl2F10NO2. The van der Waals surface area contributed by atoms with Gasteiger partial charge in [-0.25, -0.2) is 4.39 Å². The predicted octanol–water partition coefficient (Wildman–Crippen LogP) is 9.20. The van der Waals surface area contributed by atoms with Gasteiger partial charge < -0.3 is 5.32 Å². The van der Waals surface area contributed by atoms with E-state index in [4.69, 9.17) is 23.2 Å². The Hall–Kier alpha value is -3.06. The molecule has 224 valence electrons. The van der Waals surface area contributed by atoms with Gasteiger partial charge in [0.25, 0.3) is 0 Å². The average molecular weight is 638 g/mol. The Morgan fingerprint density at radius 3 is 2.12 bits per heavy atom. The minimum atomic E-state index is -5.30. The Morgan fingerprint density at radius 1 is 1.00 bits per heavy atom. The van der Waals surface area contributed by atoms with Crippen molar-refractivity contribution in [2.24, 2.45) is 5.92 Å². The fraction of sp³-hybridized carbons (Fsp3) is 0.308. The zero-order valence-corrected chi connectivity index (χ0v) is 22.2. The molecule has 1 amide bonds. The van der Waals surface area contributed by atoms with E-state index in [1.807, 2.05) is 0 Å². The second-order valence-corrected chi connectivity index (χ2v) is 9.55. The van der Waals surface area contributed by atoms with Crippen molar-refractivity contribution >= 4 is 46.8 Å². The number of allylic oxidation sites excluding steroid dienone is 1. The van der Waals surface area contributed by atoms with Gasteiger partial charge in [0.1, 0.15) is 18.3 Å². The summed E-state index contributed by atoms with van der Waals surface area (Å²) in [5.41, 5.74) is -4.34. The molecule has 1 N–H and O–H groups in total. The lowest BCUT2D eigenvalue weighted by Gasteiger charge is -2.20. The minimum Gasteiger partial charge on any atom is -0.347 e. The number of hydrogen-bond donors (Lipinski definition) is 1. The van der Waals surface area contributed by atoms with Crippen LogP contribution in [0.3, 0.4) is 0 Å². The summed E-state index contributed by atoms with van der Waals surface area (Å²) in [6, 6.07) is 2.99. The summed E-state index contributed by atoms with van der Waals surface area (Å²) in [5, 5.41) is 1.06. The second-order valence-electron chi connectivity index (χ2n) is 8.76. The minimum absolute atomic E-state index is 0.0132. The first-order valence-corrected chi connectivity index (χ1v) is 12.1. The van der Waals surface area contributed by atoms with Crippen LogP contribution in [0.15, 0.2) is 43.0 Å². The van der Waals surface area contributed by atoms with Gasteiger partial charge in [-0.05, 0) is 35.4 Å². The number of Topliss-reactive ketones (excluding diaryl/α,β-unsaturated/α-hetero) is 1. The Kier molecular flexibility index (Phi) is 10.7. The molecule has 0 aliphatic rings. The molecule has 0 spiro atoms. The third-order valence-electron chi connectivity index (χ3n) is 5.63. The molecule has 0 saturated heterocycles. The number of hydrogen-bond acceptors (Lipinski definition) is 2. The Morgan fingerprint density at radius 2 is 1.61 bits per heavy atom. The first-order chi connectivity index (χ1) is 18.7. The van der Waals surface area contributed by atoms with Crippen molar-refractivity contribution in [3.05, 3.63) is 80.8 Å². The summed E-state index contributed by atoms with van der Waals surface area (Å²) in [4.78, 5) is 24.3. The number of nitrogens with one attached hydrogen (secondary N) is 1.